The second-order valence-electron chi connectivity index (χ2n) is 4.25. The molecule has 0 radical (unpaired) electrons. The monoisotopic (exact) mass is 298 g/mol. The molecule has 0 amide bonds. The lowest BCUT2D eigenvalue weighted by molar-refractivity contribution is -0.0453. The average molecular weight is 298 g/mol. The molecule has 1 aromatic rings. The van der Waals surface area contributed by atoms with Gasteiger partial charge in [0.25, 0.3) is 0 Å². The van der Waals surface area contributed by atoms with E-state index in [0.29, 0.717) is 21.9 Å². The molecule has 0 aliphatic carbocycles. The Kier molecular flexibility index (Phi) is 3.23. The minimum absolute atomic E-state index is 0.201. The average Bonchev–Trinajstić information content (AvgIpc) is 2.92. The largest absolute Gasteiger partial charge is 0.394 e. The van der Waals surface area contributed by atoms with Gasteiger partial charge in [-0.25, -0.2) is 9.98 Å². The van der Waals surface area contributed by atoms with Gasteiger partial charge in [-0.3, -0.25) is 4.57 Å². The Balaban J connectivity index is 2.04. The van der Waals surface area contributed by atoms with Crippen LogP contribution in [-0.2, 0) is 4.74 Å². The summed E-state index contributed by atoms with van der Waals surface area (Å²) < 4.78 is 7.53. The lowest BCUT2D eigenvalue weighted by Crippen LogP contribution is -2.31. The van der Waals surface area contributed by atoms with Crippen molar-refractivity contribution < 1.29 is 14.9 Å². The minimum Gasteiger partial charge on any atom is -0.394 e. The van der Waals surface area contributed by atoms with Gasteiger partial charge in [0.15, 0.2) is 5.49 Å². The smallest absolute Gasteiger partial charge is 0.222 e. The van der Waals surface area contributed by atoms with Crippen LogP contribution in [0, 0.1) is 4.64 Å². The summed E-state index contributed by atoms with van der Waals surface area (Å²) in [4.78, 5) is 12.1. The van der Waals surface area contributed by atoms with Gasteiger partial charge >= 0.3 is 0 Å². The van der Waals surface area contributed by atoms with Crippen molar-refractivity contribution in [2.24, 2.45) is 9.98 Å². The van der Waals surface area contributed by atoms with E-state index in [4.69, 9.17) is 34.3 Å². The third-order valence-corrected chi connectivity index (χ3v) is 3.64. The Morgan fingerprint density at radius 1 is 1.42 bits per heavy atom. The van der Waals surface area contributed by atoms with Crippen LogP contribution in [0.2, 0.25) is 0 Å². The standard InChI is InChI=1S/C10H10N4O3S2/c15-2-5-4(16)1-6(17-5)14-3-11-8-7(9(14)18)12-10(19)13-8/h3-6,15-16H,1-2H2/t4-,5+,6?/m0/s1. The van der Waals surface area contributed by atoms with E-state index in [9.17, 15) is 5.11 Å². The number of rotatable bonds is 2. The van der Waals surface area contributed by atoms with E-state index < -0.39 is 18.4 Å². The van der Waals surface area contributed by atoms with Gasteiger partial charge in [0.2, 0.25) is 5.11 Å². The quantitative estimate of drug-likeness (QED) is 0.666. The highest BCUT2D eigenvalue weighted by Crippen LogP contribution is 2.27. The molecule has 1 fully saturated rings. The molecule has 1 saturated heterocycles. The Hall–Kier alpha value is -1.13. The molecule has 3 heterocycles. The van der Waals surface area contributed by atoms with E-state index in [1.807, 2.05) is 0 Å². The van der Waals surface area contributed by atoms with Crippen LogP contribution >= 0.6 is 24.4 Å². The van der Waals surface area contributed by atoms with Crippen LogP contribution in [0.5, 0.6) is 0 Å². The van der Waals surface area contributed by atoms with E-state index in [0.717, 1.165) is 0 Å². The predicted molar refractivity (Wildman–Crippen MR) is 69.6 cm³/mol. The van der Waals surface area contributed by atoms with Crippen LogP contribution in [0.1, 0.15) is 12.6 Å². The predicted octanol–water partition coefficient (Wildman–Crippen LogP) is -1.21. The highest BCUT2D eigenvalue weighted by molar-refractivity contribution is 7.80. The maximum atomic E-state index is 9.73. The zero-order valence-electron chi connectivity index (χ0n) is 9.63. The van der Waals surface area contributed by atoms with Crippen LogP contribution in [0.25, 0.3) is 0 Å². The van der Waals surface area contributed by atoms with Gasteiger partial charge in [-0.15, -0.1) is 0 Å². The van der Waals surface area contributed by atoms with Crippen molar-refractivity contribution >= 4 is 29.5 Å². The summed E-state index contributed by atoms with van der Waals surface area (Å²) in [5, 5.41) is 19.5. The SMILES string of the molecule is OC[C@H]1OC(n2cnc3c(c2=S)=NC(=S)N=3)C[C@@H]1O. The zero-order chi connectivity index (χ0) is 13.6. The molecule has 3 atom stereocenters. The molecule has 0 saturated carbocycles. The maximum Gasteiger partial charge on any atom is 0.222 e. The second kappa shape index (κ2) is 4.76. The van der Waals surface area contributed by atoms with E-state index >= 15 is 0 Å². The fourth-order valence-electron chi connectivity index (χ4n) is 2.09. The highest BCUT2D eigenvalue weighted by atomic mass is 32.1. The highest BCUT2D eigenvalue weighted by Gasteiger charge is 2.34. The molecule has 3 rings (SSSR count). The van der Waals surface area contributed by atoms with Gasteiger partial charge in [0, 0.05) is 6.42 Å². The van der Waals surface area contributed by atoms with Gasteiger partial charge in [0.1, 0.15) is 28.7 Å². The van der Waals surface area contributed by atoms with Gasteiger partial charge < -0.3 is 14.9 Å². The Labute approximate surface area is 117 Å². The van der Waals surface area contributed by atoms with Crippen LogP contribution in [0.4, 0.5) is 0 Å². The first kappa shape index (κ1) is 12.9. The molecule has 0 aromatic carbocycles. The van der Waals surface area contributed by atoms with E-state index in [1.54, 1.807) is 4.57 Å². The third kappa shape index (κ3) is 2.13. The third-order valence-electron chi connectivity index (χ3n) is 3.06. The van der Waals surface area contributed by atoms with Crippen LogP contribution < -0.4 is 10.8 Å². The first-order chi connectivity index (χ1) is 9.10. The van der Waals surface area contributed by atoms with Crippen LogP contribution in [-0.4, -0.2) is 43.7 Å². The zero-order valence-corrected chi connectivity index (χ0v) is 11.3. The summed E-state index contributed by atoms with van der Waals surface area (Å²) in [6.45, 7) is -0.243. The molecule has 0 spiro atoms. The van der Waals surface area contributed by atoms with Gasteiger partial charge in [0.05, 0.1) is 12.7 Å². The van der Waals surface area contributed by atoms with Crippen LogP contribution in [0.15, 0.2) is 16.3 Å². The van der Waals surface area contributed by atoms with Crippen molar-refractivity contribution in [3.05, 3.63) is 21.8 Å². The van der Waals surface area contributed by atoms with Crippen molar-refractivity contribution in [2.75, 3.05) is 6.61 Å². The summed E-state index contributed by atoms with van der Waals surface area (Å²) in [5.74, 6) is 0. The molecule has 1 aromatic heterocycles. The summed E-state index contributed by atoms with van der Waals surface area (Å²) in [6, 6.07) is 0. The second-order valence-corrected chi connectivity index (χ2v) is 5.00. The van der Waals surface area contributed by atoms with Crippen molar-refractivity contribution in [2.45, 2.75) is 24.9 Å². The first-order valence-corrected chi connectivity index (χ1v) is 6.44. The molecule has 0 bridgehead atoms. The van der Waals surface area contributed by atoms with Gasteiger partial charge in [-0.2, -0.15) is 4.99 Å². The lowest BCUT2D eigenvalue weighted by Gasteiger charge is -2.14. The van der Waals surface area contributed by atoms with Gasteiger partial charge in [-0.05, 0) is 12.2 Å². The number of fused-ring (bicyclic) bond motifs is 1. The Morgan fingerprint density at radius 2 is 2.21 bits per heavy atom. The van der Waals surface area contributed by atoms with Crippen LogP contribution in [0.3, 0.4) is 0 Å². The molecular formula is C10H10N4O3S2. The molecular weight excluding hydrogens is 288 g/mol. The lowest BCUT2D eigenvalue weighted by atomic mass is 10.2. The number of aliphatic hydroxyl groups excluding tert-OH is 2. The Morgan fingerprint density at radius 3 is 2.89 bits per heavy atom. The maximum absolute atomic E-state index is 9.73. The van der Waals surface area contributed by atoms with E-state index in [-0.39, 0.29) is 11.7 Å². The normalized spacial score (nSPS) is 28.9. The minimum atomic E-state index is -0.729. The molecule has 19 heavy (non-hydrogen) atoms. The van der Waals surface area contributed by atoms with Gasteiger partial charge in [-0.1, -0.05) is 12.2 Å². The molecule has 100 valence electrons. The topological polar surface area (TPSA) is 92.2 Å². The molecule has 9 heteroatoms. The molecule has 2 aliphatic rings. The number of thiocarbonyl (C=S) groups is 1. The van der Waals surface area contributed by atoms with E-state index in [2.05, 4.69) is 15.0 Å². The number of hydrogen-bond donors (Lipinski definition) is 2. The molecule has 2 aliphatic heterocycles. The fraction of sp³-hybridized carbons (Fsp3) is 0.500. The fourth-order valence-corrected chi connectivity index (χ4v) is 2.57. The van der Waals surface area contributed by atoms with Crippen molar-refractivity contribution in [1.29, 1.82) is 0 Å². The number of ether oxygens (including phenoxy) is 1. The summed E-state index contributed by atoms with van der Waals surface area (Å²) in [5.41, 5.74) is 0.406. The number of aromatic nitrogens is 2. The van der Waals surface area contributed by atoms with Crippen molar-refractivity contribution in [3.63, 3.8) is 0 Å². The van der Waals surface area contributed by atoms with Crippen molar-refractivity contribution in [1.82, 2.24) is 9.55 Å². The number of aliphatic hydroxyl groups is 2. The van der Waals surface area contributed by atoms with Crippen molar-refractivity contribution in [3.8, 4) is 0 Å². The molecule has 7 nitrogen and oxygen atoms in total. The first-order valence-electron chi connectivity index (χ1n) is 5.63. The number of nitrogens with zero attached hydrogens (tertiary/aromatic N) is 4. The Bertz CT molecular complexity index is 716. The summed E-state index contributed by atoms with van der Waals surface area (Å²) in [7, 11) is 0. The summed E-state index contributed by atoms with van der Waals surface area (Å²) in [6.07, 6.45) is 0.0184. The summed E-state index contributed by atoms with van der Waals surface area (Å²) >= 11 is 10.2. The van der Waals surface area contributed by atoms with E-state index in [1.165, 1.54) is 6.33 Å². The number of hydrogen-bond acceptors (Lipinski definition) is 6. The molecule has 1 unspecified atom stereocenters. The molecule has 2 N–H and O–H groups in total.